The fourth-order valence-electron chi connectivity index (χ4n) is 1.92. The predicted molar refractivity (Wildman–Crippen MR) is 89.7 cm³/mol. The summed E-state index contributed by atoms with van der Waals surface area (Å²) in [5, 5.41) is 6.79. The lowest BCUT2D eigenvalue weighted by Crippen LogP contribution is -2.22. The molecule has 0 aliphatic rings. The van der Waals surface area contributed by atoms with Gasteiger partial charge in [0.25, 0.3) is 0 Å². The maximum absolute atomic E-state index is 11.9. The molecule has 0 spiro atoms. The molecule has 0 aliphatic heterocycles. The molecule has 0 aliphatic carbocycles. The Morgan fingerprint density at radius 1 is 1.26 bits per heavy atom. The summed E-state index contributed by atoms with van der Waals surface area (Å²) in [5.41, 5.74) is 0.836. The summed E-state index contributed by atoms with van der Waals surface area (Å²) >= 11 is 5.00. The number of pyridine rings is 1. The van der Waals surface area contributed by atoms with Crippen LogP contribution in [0.1, 0.15) is 17.2 Å². The molecule has 8 heteroatoms. The number of nitrogens with zero attached hydrogens (tertiary/aromatic N) is 3. The molecule has 3 aromatic rings. The van der Waals surface area contributed by atoms with Gasteiger partial charge in [-0.1, -0.05) is 5.16 Å². The zero-order valence-corrected chi connectivity index (χ0v) is 14.4. The van der Waals surface area contributed by atoms with Crippen molar-refractivity contribution in [2.24, 2.45) is 0 Å². The highest BCUT2D eigenvalue weighted by Crippen LogP contribution is 2.21. The van der Waals surface area contributed by atoms with E-state index in [1.165, 1.54) is 0 Å². The lowest BCUT2D eigenvalue weighted by atomic mass is 10.2. The van der Waals surface area contributed by atoms with Gasteiger partial charge in [0.2, 0.25) is 17.6 Å². The summed E-state index contributed by atoms with van der Waals surface area (Å²) in [6.07, 6.45) is 4.06. The van der Waals surface area contributed by atoms with Crippen molar-refractivity contribution in [1.82, 2.24) is 20.4 Å². The minimum atomic E-state index is -0.0433. The molecule has 3 aromatic heterocycles. The van der Waals surface area contributed by atoms with Crippen LogP contribution in [-0.2, 0) is 17.8 Å². The largest absolute Gasteiger partial charge is 0.351 e. The Kier molecular flexibility index (Phi) is 5.14. The molecular weight excluding hydrogens is 380 g/mol. The lowest BCUT2D eigenvalue weighted by Gasteiger charge is -2.01. The number of aromatic nitrogens is 3. The number of rotatable bonds is 6. The van der Waals surface area contributed by atoms with Crippen LogP contribution in [-0.4, -0.2) is 21.0 Å². The van der Waals surface area contributed by atoms with Crippen molar-refractivity contribution >= 4 is 33.2 Å². The van der Waals surface area contributed by atoms with Gasteiger partial charge < -0.3 is 9.84 Å². The van der Waals surface area contributed by atoms with E-state index in [0.29, 0.717) is 31.1 Å². The maximum atomic E-state index is 11.9. The van der Waals surface area contributed by atoms with E-state index in [-0.39, 0.29) is 5.91 Å². The molecule has 118 valence electrons. The second-order valence-corrected chi connectivity index (χ2v) is 7.28. The molecule has 6 nitrogen and oxygen atoms in total. The highest BCUT2D eigenvalue weighted by atomic mass is 79.9. The quantitative estimate of drug-likeness (QED) is 0.696. The van der Waals surface area contributed by atoms with Gasteiger partial charge in [-0.15, -0.1) is 11.3 Å². The van der Waals surface area contributed by atoms with Gasteiger partial charge in [0.1, 0.15) is 0 Å². The van der Waals surface area contributed by atoms with Crippen molar-refractivity contribution in [3.05, 3.63) is 51.2 Å². The Hall–Kier alpha value is -2.06. The molecule has 3 rings (SSSR count). The van der Waals surface area contributed by atoms with E-state index in [2.05, 4.69) is 36.4 Å². The van der Waals surface area contributed by atoms with Gasteiger partial charge in [0.05, 0.1) is 10.3 Å². The molecular formula is C15H13BrN4O2S. The molecule has 0 aromatic carbocycles. The monoisotopic (exact) mass is 392 g/mol. The van der Waals surface area contributed by atoms with Crippen molar-refractivity contribution < 1.29 is 9.32 Å². The average molecular weight is 393 g/mol. The first kappa shape index (κ1) is 15.8. The van der Waals surface area contributed by atoms with Crippen molar-refractivity contribution in [2.45, 2.75) is 19.4 Å². The van der Waals surface area contributed by atoms with Crippen LogP contribution in [0.15, 0.2) is 45.0 Å². The van der Waals surface area contributed by atoms with Crippen LogP contribution in [0, 0.1) is 0 Å². The SMILES string of the molecule is O=C(CCc1nc(-c2ccncc2)no1)NCc1ccc(Br)s1. The second kappa shape index (κ2) is 7.47. The first-order valence-corrected chi connectivity index (χ1v) is 8.55. The third-order valence-corrected chi connectivity index (χ3v) is 4.68. The third-order valence-electron chi connectivity index (χ3n) is 3.06. The van der Waals surface area contributed by atoms with Crippen molar-refractivity contribution in [2.75, 3.05) is 0 Å². The first-order valence-electron chi connectivity index (χ1n) is 6.94. The van der Waals surface area contributed by atoms with E-state index in [9.17, 15) is 4.79 Å². The Balaban J connectivity index is 1.48. The number of carbonyl (C=O) groups excluding carboxylic acids is 1. The standard InChI is InChI=1S/C15H13BrN4O2S/c16-12-2-1-11(23-12)9-18-13(21)3-4-14-19-15(20-22-14)10-5-7-17-8-6-10/h1-2,5-8H,3-4,9H2,(H,18,21). The van der Waals surface area contributed by atoms with Crippen LogP contribution in [0.25, 0.3) is 11.4 Å². The number of nitrogens with one attached hydrogen (secondary N) is 1. The van der Waals surface area contributed by atoms with E-state index in [1.807, 2.05) is 12.1 Å². The zero-order chi connectivity index (χ0) is 16.1. The summed E-state index contributed by atoms with van der Waals surface area (Å²) in [5.74, 6) is 0.912. The van der Waals surface area contributed by atoms with E-state index >= 15 is 0 Å². The van der Waals surface area contributed by atoms with Crippen LogP contribution < -0.4 is 5.32 Å². The molecule has 0 atom stereocenters. The number of hydrogen-bond donors (Lipinski definition) is 1. The summed E-state index contributed by atoms with van der Waals surface area (Å²) in [7, 11) is 0. The number of halogens is 1. The molecule has 0 fully saturated rings. The first-order chi connectivity index (χ1) is 11.2. The Bertz CT molecular complexity index is 788. The number of thiophene rings is 1. The van der Waals surface area contributed by atoms with Gasteiger partial charge in [0.15, 0.2) is 0 Å². The van der Waals surface area contributed by atoms with Crippen LogP contribution >= 0.6 is 27.3 Å². The van der Waals surface area contributed by atoms with Gasteiger partial charge in [-0.2, -0.15) is 4.98 Å². The molecule has 23 heavy (non-hydrogen) atoms. The van der Waals surface area contributed by atoms with Crippen LogP contribution in [0.5, 0.6) is 0 Å². The third kappa shape index (κ3) is 4.46. The average Bonchev–Trinajstić information content (AvgIpc) is 3.21. The number of carbonyl (C=O) groups is 1. The van der Waals surface area contributed by atoms with Gasteiger partial charge in [-0.25, -0.2) is 0 Å². The Morgan fingerprint density at radius 2 is 2.09 bits per heavy atom. The maximum Gasteiger partial charge on any atom is 0.227 e. The topological polar surface area (TPSA) is 80.9 Å². The van der Waals surface area contributed by atoms with E-state index < -0.39 is 0 Å². The van der Waals surface area contributed by atoms with E-state index in [1.54, 1.807) is 35.9 Å². The van der Waals surface area contributed by atoms with Gasteiger partial charge in [-0.05, 0) is 40.2 Å². The molecule has 3 heterocycles. The smallest absolute Gasteiger partial charge is 0.227 e. The number of hydrogen-bond acceptors (Lipinski definition) is 6. The molecule has 1 N–H and O–H groups in total. The molecule has 0 bridgehead atoms. The molecule has 0 saturated heterocycles. The summed E-state index contributed by atoms with van der Waals surface area (Å²) < 4.78 is 6.22. The van der Waals surface area contributed by atoms with Crippen LogP contribution in [0.3, 0.4) is 0 Å². The van der Waals surface area contributed by atoms with Gasteiger partial charge in [-0.3, -0.25) is 9.78 Å². The highest BCUT2D eigenvalue weighted by molar-refractivity contribution is 9.11. The Labute approximate surface area is 145 Å². The fraction of sp³-hybridized carbons (Fsp3) is 0.200. The second-order valence-electron chi connectivity index (χ2n) is 4.73. The van der Waals surface area contributed by atoms with E-state index in [4.69, 9.17) is 4.52 Å². The zero-order valence-electron chi connectivity index (χ0n) is 12.0. The Morgan fingerprint density at radius 3 is 2.83 bits per heavy atom. The molecule has 0 radical (unpaired) electrons. The predicted octanol–water partition coefficient (Wildman–Crippen LogP) is 3.20. The number of aryl methyl sites for hydroxylation is 1. The van der Waals surface area contributed by atoms with E-state index in [0.717, 1.165) is 14.2 Å². The van der Waals surface area contributed by atoms with Gasteiger partial charge >= 0.3 is 0 Å². The summed E-state index contributed by atoms with van der Waals surface area (Å²) in [6.45, 7) is 0.529. The summed E-state index contributed by atoms with van der Waals surface area (Å²) in [4.78, 5) is 21.2. The molecule has 1 amide bonds. The molecule has 0 unspecified atom stereocenters. The highest BCUT2D eigenvalue weighted by Gasteiger charge is 2.10. The normalized spacial score (nSPS) is 10.7. The number of amides is 1. The van der Waals surface area contributed by atoms with Crippen molar-refractivity contribution in [3.8, 4) is 11.4 Å². The lowest BCUT2D eigenvalue weighted by molar-refractivity contribution is -0.121. The van der Waals surface area contributed by atoms with Crippen molar-refractivity contribution in [3.63, 3.8) is 0 Å². The minimum absolute atomic E-state index is 0.0433. The fourth-order valence-corrected chi connectivity index (χ4v) is 3.34. The van der Waals surface area contributed by atoms with Crippen molar-refractivity contribution in [1.29, 1.82) is 0 Å². The molecule has 0 saturated carbocycles. The minimum Gasteiger partial charge on any atom is -0.351 e. The summed E-state index contributed by atoms with van der Waals surface area (Å²) in [6, 6.07) is 7.56. The van der Waals surface area contributed by atoms with Crippen LogP contribution in [0.2, 0.25) is 0 Å². The van der Waals surface area contributed by atoms with Crippen LogP contribution in [0.4, 0.5) is 0 Å². The van der Waals surface area contributed by atoms with Gasteiger partial charge in [0, 0.05) is 35.7 Å².